The Bertz CT molecular complexity index is 403. The van der Waals surface area contributed by atoms with E-state index in [4.69, 9.17) is 0 Å². The standard InChI is InChI=1S/C11H11FN2O/c1-14(2)11(7-8-15)13-10-5-3-9(12)4-6-10/h3-7H,1-2H3. The summed E-state index contributed by atoms with van der Waals surface area (Å²) in [5, 5.41) is 0. The number of nitrogens with zero attached hydrogens (tertiary/aromatic N) is 2. The topological polar surface area (TPSA) is 32.7 Å². The number of hydrogen-bond acceptors (Lipinski definition) is 2. The molecule has 0 spiro atoms. The Morgan fingerprint density at radius 2 is 2.00 bits per heavy atom. The fourth-order valence-corrected chi connectivity index (χ4v) is 0.962. The highest BCUT2D eigenvalue weighted by Gasteiger charge is 1.98. The minimum Gasteiger partial charge on any atom is -0.362 e. The lowest BCUT2D eigenvalue weighted by Crippen LogP contribution is -2.19. The monoisotopic (exact) mass is 206 g/mol. The Morgan fingerprint density at radius 1 is 1.40 bits per heavy atom. The molecule has 0 saturated carbocycles. The van der Waals surface area contributed by atoms with Gasteiger partial charge in [0.2, 0.25) is 0 Å². The second-order valence-electron chi connectivity index (χ2n) is 3.10. The van der Waals surface area contributed by atoms with Crippen LogP contribution >= 0.6 is 0 Å². The van der Waals surface area contributed by atoms with Crippen molar-refractivity contribution in [3.05, 3.63) is 36.2 Å². The van der Waals surface area contributed by atoms with Crippen molar-refractivity contribution >= 4 is 17.5 Å². The number of hydrogen-bond donors (Lipinski definition) is 0. The fraction of sp³-hybridized carbons (Fsp3) is 0.182. The van der Waals surface area contributed by atoms with Crippen LogP contribution in [-0.4, -0.2) is 30.8 Å². The average molecular weight is 206 g/mol. The summed E-state index contributed by atoms with van der Waals surface area (Å²) in [5.41, 5.74) is 0.589. The van der Waals surface area contributed by atoms with Crippen LogP contribution in [0.3, 0.4) is 0 Å². The maximum absolute atomic E-state index is 12.6. The smallest absolute Gasteiger partial charge is 0.139 e. The molecule has 1 aromatic rings. The van der Waals surface area contributed by atoms with Crippen LogP contribution in [-0.2, 0) is 4.79 Å². The highest BCUT2D eigenvalue weighted by molar-refractivity contribution is 5.99. The lowest BCUT2D eigenvalue weighted by Gasteiger charge is -2.10. The molecule has 0 heterocycles. The molecule has 0 radical (unpaired) electrons. The summed E-state index contributed by atoms with van der Waals surface area (Å²) in [4.78, 5) is 16.0. The van der Waals surface area contributed by atoms with Gasteiger partial charge in [0.1, 0.15) is 17.6 Å². The summed E-state index contributed by atoms with van der Waals surface area (Å²) < 4.78 is 12.6. The summed E-state index contributed by atoms with van der Waals surface area (Å²) in [7, 11) is 3.52. The first-order valence-corrected chi connectivity index (χ1v) is 4.36. The van der Waals surface area contributed by atoms with Crippen molar-refractivity contribution in [2.24, 2.45) is 4.99 Å². The zero-order valence-electron chi connectivity index (χ0n) is 8.57. The molecule has 0 fully saturated rings. The molecule has 0 aromatic heterocycles. The molecule has 3 nitrogen and oxygen atoms in total. The summed E-state index contributed by atoms with van der Waals surface area (Å²) >= 11 is 0. The Hall–Kier alpha value is -1.93. The molecule has 78 valence electrons. The van der Waals surface area contributed by atoms with E-state index < -0.39 is 0 Å². The maximum atomic E-state index is 12.6. The Kier molecular flexibility index (Phi) is 3.77. The van der Waals surface area contributed by atoms with Gasteiger partial charge >= 0.3 is 0 Å². The Morgan fingerprint density at radius 3 is 2.47 bits per heavy atom. The van der Waals surface area contributed by atoms with Gasteiger partial charge in [-0.2, -0.15) is 0 Å². The van der Waals surface area contributed by atoms with Crippen LogP contribution in [0.2, 0.25) is 0 Å². The lowest BCUT2D eigenvalue weighted by atomic mass is 10.3. The third-order valence-electron chi connectivity index (χ3n) is 1.72. The summed E-state index contributed by atoms with van der Waals surface area (Å²) in [5.74, 6) is 1.81. The molecule has 0 aliphatic rings. The van der Waals surface area contributed by atoms with E-state index in [-0.39, 0.29) is 5.82 Å². The van der Waals surface area contributed by atoms with Gasteiger partial charge in [-0.3, -0.25) is 0 Å². The Balaban J connectivity index is 3.02. The maximum Gasteiger partial charge on any atom is 0.139 e. The van der Waals surface area contributed by atoms with Crippen molar-refractivity contribution in [2.75, 3.05) is 14.1 Å². The van der Waals surface area contributed by atoms with Crippen molar-refractivity contribution in [3.63, 3.8) is 0 Å². The number of carbonyl (C=O) groups excluding carboxylic acids is 1. The predicted octanol–water partition coefficient (Wildman–Crippen LogP) is 1.81. The van der Waals surface area contributed by atoms with Gasteiger partial charge < -0.3 is 4.90 Å². The van der Waals surface area contributed by atoms with Gasteiger partial charge in [0.15, 0.2) is 0 Å². The van der Waals surface area contributed by atoms with E-state index in [0.717, 1.165) is 0 Å². The van der Waals surface area contributed by atoms with E-state index in [2.05, 4.69) is 4.99 Å². The minimum absolute atomic E-state index is 0.314. The number of amidine groups is 1. The van der Waals surface area contributed by atoms with E-state index in [1.165, 1.54) is 30.3 Å². The quantitative estimate of drug-likeness (QED) is 0.420. The third kappa shape index (κ3) is 3.37. The van der Waals surface area contributed by atoms with Crippen molar-refractivity contribution in [3.8, 4) is 0 Å². The highest BCUT2D eigenvalue weighted by Crippen LogP contribution is 2.12. The molecule has 0 N–H and O–H groups in total. The molecular formula is C11H11FN2O. The molecule has 4 heteroatoms. The molecule has 0 aliphatic carbocycles. The largest absolute Gasteiger partial charge is 0.362 e. The van der Waals surface area contributed by atoms with Gasteiger partial charge in [0.05, 0.1) is 11.8 Å². The van der Waals surface area contributed by atoms with Crippen molar-refractivity contribution in [1.82, 2.24) is 4.90 Å². The molecule has 0 aliphatic heterocycles. The van der Waals surface area contributed by atoms with E-state index in [0.29, 0.717) is 11.5 Å². The van der Waals surface area contributed by atoms with Crippen LogP contribution in [0.5, 0.6) is 0 Å². The molecule has 0 amide bonds. The van der Waals surface area contributed by atoms with Gasteiger partial charge in [0.25, 0.3) is 0 Å². The SMILES string of the molecule is CN(C)C(C=C=O)=Nc1ccc(F)cc1. The molecule has 15 heavy (non-hydrogen) atoms. The van der Waals surface area contributed by atoms with E-state index in [9.17, 15) is 9.18 Å². The second-order valence-corrected chi connectivity index (χ2v) is 3.10. The number of aliphatic imine (C=N–C) groups is 1. The van der Waals surface area contributed by atoms with Crippen LogP contribution in [0.4, 0.5) is 10.1 Å². The molecule has 0 atom stereocenters. The first-order chi connectivity index (χ1) is 7.13. The Labute approximate surface area is 87.5 Å². The van der Waals surface area contributed by atoms with Gasteiger partial charge in [0, 0.05) is 14.1 Å². The van der Waals surface area contributed by atoms with Gasteiger partial charge in [-0.25, -0.2) is 14.2 Å². The van der Waals surface area contributed by atoms with E-state index in [1.807, 2.05) is 0 Å². The summed E-state index contributed by atoms with van der Waals surface area (Å²) in [6, 6.07) is 5.71. The lowest BCUT2D eigenvalue weighted by molar-refractivity contribution is 0.568. The minimum atomic E-state index is -0.314. The first-order valence-electron chi connectivity index (χ1n) is 4.36. The molecule has 0 saturated heterocycles. The predicted molar refractivity (Wildman–Crippen MR) is 57.4 cm³/mol. The molecule has 0 bridgehead atoms. The average Bonchev–Trinajstić information content (AvgIpc) is 2.20. The number of rotatable bonds is 2. The fourth-order valence-electron chi connectivity index (χ4n) is 0.962. The second kappa shape index (κ2) is 5.08. The molecular weight excluding hydrogens is 195 g/mol. The van der Waals surface area contributed by atoms with Crippen molar-refractivity contribution < 1.29 is 9.18 Å². The third-order valence-corrected chi connectivity index (χ3v) is 1.72. The number of halogens is 1. The molecule has 1 aromatic carbocycles. The molecule has 1 rings (SSSR count). The summed E-state index contributed by atoms with van der Waals surface area (Å²) in [6.45, 7) is 0. The summed E-state index contributed by atoms with van der Waals surface area (Å²) in [6.07, 6.45) is 1.23. The van der Waals surface area contributed by atoms with Crippen molar-refractivity contribution in [2.45, 2.75) is 0 Å². The van der Waals surface area contributed by atoms with Crippen LogP contribution in [0, 0.1) is 5.82 Å². The van der Waals surface area contributed by atoms with Gasteiger partial charge in [-0.1, -0.05) is 0 Å². The van der Waals surface area contributed by atoms with Gasteiger partial charge in [-0.05, 0) is 24.3 Å². The van der Waals surface area contributed by atoms with E-state index in [1.54, 1.807) is 24.9 Å². The van der Waals surface area contributed by atoms with Crippen LogP contribution in [0.25, 0.3) is 0 Å². The van der Waals surface area contributed by atoms with Crippen LogP contribution in [0.15, 0.2) is 35.3 Å². The zero-order chi connectivity index (χ0) is 11.3. The van der Waals surface area contributed by atoms with Crippen LogP contribution in [0.1, 0.15) is 0 Å². The molecule has 0 unspecified atom stereocenters. The van der Waals surface area contributed by atoms with Gasteiger partial charge in [-0.15, -0.1) is 0 Å². The van der Waals surface area contributed by atoms with Crippen molar-refractivity contribution in [1.29, 1.82) is 0 Å². The highest BCUT2D eigenvalue weighted by atomic mass is 19.1. The first kappa shape index (κ1) is 11.1. The van der Waals surface area contributed by atoms with Crippen LogP contribution < -0.4 is 0 Å². The van der Waals surface area contributed by atoms with E-state index >= 15 is 0 Å². The number of likely N-dealkylation sites (N-methyl/N-ethyl adjacent to an activating group) is 1. The normalized spacial score (nSPS) is 10.7. The zero-order valence-corrected chi connectivity index (χ0v) is 8.57. The number of benzene rings is 1.